The molecule has 3 N–H and O–H groups in total. The fourth-order valence-corrected chi connectivity index (χ4v) is 4.32. The predicted molar refractivity (Wildman–Crippen MR) is 118 cm³/mol. The third kappa shape index (κ3) is 6.24. The lowest BCUT2D eigenvalue weighted by Gasteiger charge is -2.38. The monoisotopic (exact) mass is 514 g/mol. The molecule has 32 heavy (non-hydrogen) atoms. The van der Waals surface area contributed by atoms with E-state index in [0.717, 1.165) is 11.6 Å². The maximum atomic E-state index is 14.0. The molecule has 1 heterocycles. The molecule has 0 spiro atoms. The average molecular weight is 515 g/mol. The number of hydrogen-bond donors (Lipinski definition) is 3. The SMILES string of the molecule is CC(=O)N[C@@H](Cc1cc(F)cc(F)c1)[C@H](O)CN[C@H]1CC(C)(C)Oc2cc(F)c(Br)cc21. The summed E-state index contributed by atoms with van der Waals surface area (Å²) < 4.78 is 47.3. The number of amides is 1. The molecule has 2 aromatic carbocycles. The molecule has 3 rings (SSSR count). The molecule has 0 bridgehead atoms. The molecule has 0 saturated heterocycles. The summed E-state index contributed by atoms with van der Waals surface area (Å²) >= 11 is 3.19. The van der Waals surface area contributed by atoms with Crippen LogP contribution in [0.25, 0.3) is 0 Å². The van der Waals surface area contributed by atoms with Gasteiger partial charge in [-0.15, -0.1) is 0 Å². The van der Waals surface area contributed by atoms with Crippen LogP contribution < -0.4 is 15.4 Å². The Kier molecular flexibility index (Phi) is 7.52. The highest BCUT2D eigenvalue weighted by Crippen LogP contribution is 2.41. The van der Waals surface area contributed by atoms with Crippen LogP contribution in [-0.4, -0.2) is 35.3 Å². The Balaban J connectivity index is 1.76. The summed E-state index contributed by atoms with van der Waals surface area (Å²) in [4.78, 5) is 11.7. The van der Waals surface area contributed by atoms with E-state index in [9.17, 15) is 23.1 Å². The van der Waals surface area contributed by atoms with Crippen LogP contribution in [0.15, 0.2) is 34.8 Å². The molecule has 0 radical (unpaired) electrons. The first-order valence-corrected chi connectivity index (χ1v) is 11.0. The molecule has 9 heteroatoms. The number of aliphatic hydroxyl groups excluding tert-OH is 1. The molecule has 0 fully saturated rings. The minimum absolute atomic E-state index is 0.0454. The molecule has 3 atom stereocenters. The molecule has 1 aliphatic heterocycles. The van der Waals surface area contributed by atoms with E-state index in [-0.39, 0.29) is 24.9 Å². The van der Waals surface area contributed by atoms with E-state index in [4.69, 9.17) is 4.74 Å². The maximum absolute atomic E-state index is 14.0. The number of aliphatic hydroxyl groups is 1. The number of hydrogen-bond acceptors (Lipinski definition) is 4. The molecule has 2 aromatic rings. The summed E-state index contributed by atoms with van der Waals surface area (Å²) in [7, 11) is 0. The van der Waals surface area contributed by atoms with Crippen LogP contribution >= 0.6 is 15.9 Å². The van der Waals surface area contributed by atoms with Gasteiger partial charge in [-0.1, -0.05) is 0 Å². The number of rotatable bonds is 7. The van der Waals surface area contributed by atoms with Gasteiger partial charge in [0.15, 0.2) is 0 Å². The van der Waals surface area contributed by atoms with E-state index in [1.54, 1.807) is 6.07 Å². The van der Waals surface area contributed by atoms with Crippen molar-refractivity contribution in [2.75, 3.05) is 6.54 Å². The van der Waals surface area contributed by atoms with Crippen LogP contribution in [0.2, 0.25) is 0 Å². The zero-order valence-electron chi connectivity index (χ0n) is 18.0. The van der Waals surface area contributed by atoms with Crippen molar-refractivity contribution >= 4 is 21.8 Å². The molecule has 0 aromatic heterocycles. The number of carbonyl (C=O) groups excluding carboxylic acids is 1. The van der Waals surface area contributed by atoms with Crippen molar-refractivity contribution < 1.29 is 27.8 Å². The third-order valence-electron chi connectivity index (χ3n) is 5.31. The van der Waals surface area contributed by atoms with Crippen LogP contribution in [0.5, 0.6) is 5.75 Å². The van der Waals surface area contributed by atoms with E-state index in [2.05, 4.69) is 26.6 Å². The lowest BCUT2D eigenvalue weighted by molar-refractivity contribution is -0.120. The van der Waals surface area contributed by atoms with Crippen molar-refractivity contribution in [2.45, 2.75) is 57.4 Å². The number of ether oxygens (including phenoxy) is 1. The van der Waals surface area contributed by atoms with Gasteiger partial charge in [0.1, 0.15) is 28.8 Å². The molecule has 0 saturated carbocycles. The zero-order valence-corrected chi connectivity index (χ0v) is 19.6. The second-order valence-corrected chi connectivity index (χ2v) is 9.54. The van der Waals surface area contributed by atoms with Gasteiger partial charge >= 0.3 is 0 Å². The largest absolute Gasteiger partial charge is 0.487 e. The minimum Gasteiger partial charge on any atom is -0.487 e. The highest BCUT2D eigenvalue weighted by molar-refractivity contribution is 9.10. The maximum Gasteiger partial charge on any atom is 0.217 e. The third-order valence-corrected chi connectivity index (χ3v) is 5.92. The molecular formula is C23H26BrF3N2O3. The molecular weight excluding hydrogens is 489 g/mol. The van der Waals surface area contributed by atoms with Gasteiger partial charge < -0.3 is 20.5 Å². The fourth-order valence-electron chi connectivity index (χ4n) is 3.96. The van der Waals surface area contributed by atoms with Gasteiger partial charge in [0.05, 0.1) is 16.6 Å². The number of halogens is 4. The van der Waals surface area contributed by atoms with E-state index in [1.165, 1.54) is 25.1 Å². The fraction of sp³-hybridized carbons (Fsp3) is 0.435. The predicted octanol–water partition coefficient (Wildman–Crippen LogP) is 4.17. The Morgan fingerprint density at radius 1 is 1.22 bits per heavy atom. The van der Waals surface area contributed by atoms with Gasteiger partial charge in [-0.05, 0) is 60.0 Å². The molecule has 1 aliphatic rings. The van der Waals surface area contributed by atoms with Crippen molar-refractivity contribution in [2.24, 2.45) is 0 Å². The van der Waals surface area contributed by atoms with Crippen molar-refractivity contribution in [3.63, 3.8) is 0 Å². The number of benzene rings is 2. The van der Waals surface area contributed by atoms with E-state index >= 15 is 0 Å². The highest BCUT2D eigenvalue weighted by atomic mass is 79.9. The molecule has 5 nitrogen and oxygen atoms in total. The van der Waals surface area contributed by atoms with Crippen molar-refractivity contribution in [3.05, 3.63) is 63.4 Å². The highest BCUT2D eigenvalue weighted by Gasteiger charge is 2.35. The minimum atomic E-state index is -1.05. The second-order valence-electron chi connectivity index (χ2n) is 8.69. The summed E-state index contributed by atoms with van der Waals surface area (Å²) in [5, 5.41) is 16.7. The van der Waals surface area contributed by atoms with Gasteiger partial charge in [-0.25, -0.2) is 13.2 Å². The summed E-state index contributed by atoms with van der Waals surface area (Å²) in [5.74, 6) is -1.85. The van der Waals surface area contributed by atoms with Crippen molar-refractivity contribution in [1.82, 2.24) is 10.6 Å². The van der Waals surface area contributed by atoms with E-state index in [0.29, 0.717) is 22.2 Å². The Labute approximate surface area is 193 Å². The molecule has 0 aliphatic carbocycles. The number of fused-ring (bicyclic) bond motifs is 1. The smallest absolute Gasteiger partial charge is 0.217 e. The van der Waals surface area contributed by atoms with Crippen molar-refractivity contribution in [1.29, 1.82) is 0 Å². The van der Waals surface area contributed by atoms with Crippen LogP contribution in [0.1, 0.15) is 44.4 Å². The van der Waals surface area contributed by atoms with Gasteiger partial charge in [0.2, 0.25) is 5.91 Å². The van der Waals surface area contributed by atoms with Gasteiger partial charge in [-0.2, -0.15) is 0 Å². The Morgan fingerprint density at radius 2 is 1.88 bits per heavy atom. The second kappa shape index (κ2) is 9.80. The van der Waals surface area contributed by atoms with E-state index in [1.807, 2.05) is 13.8 Å². The van der Waals surface area contributed by atoms with Crippen LogP contribution in [0.3, 0.4) is 0 Å². The number of nitrogens with one attached hydrogen (secondary N) is 2. The lowest BCUT2D eigenvalue weighted by atomic mass is 9.89. The standard InChI is InChI=1S/C23H26BrF3N2O3/c1-12(30)29-19(6-13-4-14(25)7-15(26)5-13)21(31)11-28-20-10-23(2,3)32-22-9-18(27)17(24)8-16(20)22/h4-5,7-9,19-21,28,31H,6,10-11H2,1-3H3,(H,29,30)/t19-,20-,21+/m0/s1. The van der Waals surface area contributed by atoms with Gasteiger partial charge in [0, 0.05) is 43.6 Å². The normalized spacial score (nSPS) is 18.9. The Bertz CT molecular complexity index is 982. The Morgan fingerprint density at radius 3 is 2.50 bits per heavy atom. The first-order valence-electron chi connectivity index (χ1n) is 10.2. The molecule has 1 amide bonds. The van der Waals surface area contributed by atoms with Crippen LogP contribution in [0, 0.1) is 17.5 Å². The van der Waals surface area contributed by atoms with E-state index < -0.39 is 35.2 Å². The molecule has 174 valence electrons. The first kappa shape index (κ1) is 24.5. The molecule has 0 unspecified atom stereocenters. The van der Waals surface area contributed by atoms with Gasteiger partial charge in [0.25, 0.3) is 0 Å². The average Bonchev–Trinajstić information content (AvgIpc) is 2.65. The quantitative estimate of drug-likeness (QED) is 0.518. The van der Waals surface area contributed by atoms with Gasteiger partial charge in [-0.3, -0.25) is 4.79 Å². The zero-order chi connectivity index (χ0) is 23.6. The summed E-state index contributed by atoms with van der Waals surface area (Å²) in [6, 6.07) is 5.05. The van der Waals surface area contributed by atoms with Crippen LogP contribution in [-0.2, 0) is 11.2 Å². The Hall–Kier alpha value is -2.10. The van der Waals surface area contributed by atoms with Crippen LogP contribution in [0.4, 0.5) is 13.2 Å². The number of carbonyl (C=O) groups is 1. The topological polar surface area (TPSA) is 70.6 Å². The summed E-state index contributed by atoms with van der Waals surface area (Å²) in [6.07, 6.45) is -0.447. The first-order chi connectivity index (χ1) is 14.9. The summed E-state index contributed by atoms with van der Waals surface area (Å²) in [6.45, 7) is 5.17. The summed E-state index contributed by atoms with van der Waals surface area (Å²) in [5.41, 5.74) is 0.497. The van der Waals surface area contributed by atoms with Crippen molar-refractivity contribution in [3.8, 4) is 5.75 Å². The lowest BCUT2D eigenvalue weighted by Crippen LogP contribution is -2.49.